The Balaban J connectivity index is 1.63. The number of thiophene rings is 1. The number of hydrogen-bond acceptors (Lipinski definition) is 7. The highest BCUT2D eigenvalue weighted by atomic mass is 32.1. The van der Waals surface area contributed by atoms with Crippen molar-refractivity contribution < 1.29 is 9.53 Å². The number of fused-ring (bicyclic) bond motifs is 1. The second-order valence-electron chi connectivity index (χ2n) is 7.04. The normalized spacial score (nSPS) is 16.2. The molecule has 1 aliphatic heterocycles. The van der Waals surface area contributed by atoms with Crippen LogP contribution in [0.4, 0.5) is 5.13 Å². The average Bonchev–Trinajstić information content (AvgIpc) is 3.21. The number of nitrogens with one attached hydrogen (secondary N) is 1. The molecule has 3 heterocycles. The minimum absolute atomic E-state index is 0.00840. The lowest BCUT2D eigenvalue weighted by Gasteiger charge is -2.40. The molecule has 0 bridgehead atoms. The van der Waals surface area contributed by atoms with Gasteiger partial charge in [-0.2, -0.15) is 0 Å². The Morgan fingerprint density at radius 3 is 2.62 bits per heavy atom. The molecule has 0 spiro atoms. The van der Waals surface area contributed by atoms with Gasteiger partial charge >= 0.3 is 0 Å². The van der Waals surface area contributed by atoms with Crippen LogP contribution in [-0.2, 0) is 4.74 Å². The van der Waals surface area contributed by atoms with Crippen LogP contribution in [0.15, 0.2) is 6.07 Å². The number of thiazole rings is 1. The quantitative estimate of drug-likeness (QED) is 0.780. The van der Waals surface area contributed by atoms with E-state index in [0.717, 1.165) is 58.9 Å². The monoisotopic (exact) mass is 396 g/mol. The lowest BCUT2D eigenvalue weighted by Crippen LogP contribution is -2.55. The van der Waals surface area contributed by atoms with Crippen LogP contribution in [0, 0.1) is 0 Å². The van der Waals surface area contributed by atoms with Crippen molar-refractivity contribution in [3.8, 4) is 0 Å². The van der Waals surface area contributed by atoms with Crippen molar-refractivity contribution in [3.63, 3.8) is 0 Å². The highest BCUT2D eigenvalue weighted by Gasteiger charge is 2.29. The molecule has 3 rings (SSSR count). The molecule has 1 amide bonds. The third-order valence-corrected chi connectivity index (χ3v) is 7.10. The molecule has 0 unspecified atom stereocenters. The highest BCUT2D eigenvalue weighted by Crippen LogP contribution is 2.34. The Hall–Kier alpha value is -1.22. The molecular formula is C18H28N4O2S2. The van der Waals surface area contributed by atoms with Gasteiger partial charge in [0.1, 0.15) is 4.83 Å². The zero-order chi connectivity index (χ0) is 18.7. The number of amides is 1. The number of carbonyl (C=O) groups is 1. The van der Waals surface area contributed by atoms with Crippen molar-refractivity contribution in [2.45, 2.75) is 33.2 Å². The van der Waals surface area contributed by atoms with Crippen molar-refractivity contribution in [1.29, 1.82) is 0 Å². The van der Waals surface area contributed by atoms with Gasteiger partial charge in [-0.1, -0.05) is 11.3 Å². The molecule has 144 valence electrons. The van der Waals surface area contributed by atoms with E-state index >= 15 is 0 Å². The molecule has 0 saturated carbocycles. The summed E-state index contributed by atoms with van der Waals surface area (Å²) in [5, 5.41) is 4.14. The number of aromatic nitrogens is 1. The van der Waals surface area contributed by atoms with Crippen molar-refractivity contribution in [2.75, 3.05) is 50.8 Å². The SMILES string of the molecule is CCN(CC)c1nc2sc(C(=O)NCC(C)(C)N3CCOCC3)cc2s1. The van der Waals surface area contributed by atoms with Gasteiger partial charge in [0.2, 0.25) is 0 Å². The Kier molecular flexibility index (Phi) is 6.17. The zero-order valence-corrected chi connectivity index (χ0v) is 17.6. The Morgan fingerprint density at radius 1 is 1.31 bits per heavy atom. The summed E-state index contributed by atoms with van der Waals surface area (Å²) < 4.78 is 6.51. The first-order valence-electron chi connectivity index (χ1n) is 9.21. The summed E-state index contributed by atoms with van der Waals surface area (Å²) in [5.41, 5.74) is -0.0811. The fraction of sp³-hybridized carbons (Fsp3) is 0.667. The lowest BCUT2D eigenvalue weighted by atomic mass is 10.0. The standard InChI is InChI=1S/C18H28N4O2S2/c1-5-21(6-2)17-20-16-14(26-17)11-13(25-16)15(23)19-12-18(3,4)22-7-9-24-10-8-22/h11H,5-10,12H2,1-4H3,(H,19,23). The first-order chi connectivity index (χ1) is 12.4. The summed E-state index contributed by atoms with van der Waals surface area (Å²) >= 11 is 3.14. The third kappa shape index (κ3) is 4.19. The van der Waals surface area contributed by atoms with Gasteiger partial charge in [0.05, 0.1) is 22.8 Å². The zero-order valence-electron chi connectivity index (χ0n) is 16.0. The molecule has 0 atom stereocenters. The molecule has 6 nitrogen and oxygen atoms in total. The van der Waals surface area contributed by atoms with E-state index in [1.165, 1.54) is 11.3 Å². The summed E-state index contributed by atoms with van der Waals surface area (Å²) in [7, 11) is 0. The van der Waals surface area contributed by atoms with E-state index in [-0.39, 0.29) is 11.4 Å². The number of ether oxygens (including phenoxy) is 1. The minimum Gasteiger partial charge on any atom is -0.379 e. The average molecular weight is 397 g/mol. The lowest BCUT2D eigenvalue weighted by molar-refractivity contribution is -0.00922. The topological polar surface area (TPSA) is 57.7 Å². The van der Waals surface area contributed by atoms with Crippen LogP contribution in [0.5, 0.6) is 0 Å². The second-order valence-corrected chi connectivity index (χ2v) is 9.08. The van der Waals surface area contributed by atoms with E-state index in [1.54, 1.807) is 11.3 Å². The molecule has 2 aromatic rings. The van der Waals surface area contributed by atoms with Crippen LogP contribution in [0.25, 0.3) is 9.53 Å². The largest absolute Gasteiger partial charge is 0.379 e. The first kappa shape index (κ1) is 19.5. The fourth-order valence-corrected chi connectivity index (χ4v) is 5.38. The molecule has 8 heteroatoms. The maximum Gasteiger partial charge on any atom is 0.261 e. The van der Waals surface area contributed by atoms with E-state index < -0.39 is 0 Å². The van der Waals surface area contributed by atoms with Gasteiger partial charge in [-0.3, -0.25) is 9.69 Å². The summed E-state index contributed by atoms with van der Waals surface area (Å²) in [4.78, 5) is 23.6. The molecule has 0 radical (unpaired) electrons. The number of morpholine rings is 1. The smallest absolute Gasteiger partial charge is 0.261 e. The maximum atomic E-state index is 12.6. The predicted octanol–water partition coefficient (Wildman–Crippen LogP) is 3.04. The van der Waals surface area contributed by atoms with Gasteiger partial charge in [-0.05, 0) is 33.8 Å². The summed E-state index contributed by atoms with van der Waals surface area (Å²) in [5.74, 6) is -0.00840. The molecule has 1 N–H and O–H groups in total. The molecule has 1 fully saturated rings. The van der Waals surface area contributed by atoms with Gasteiger partial charge in [0.15, 0.2) is 5.13 Å². The van der Waals surface area contributed by atoms with Crippen LogP contribution in [0.1, 0.15) is 37.4 Å². The predicted molar refractivity (Wildman–Crippen MR) is 110 cm³/mol. The van der Waals surface area contributed by atoms with Crippen molar-refractivity contribution in [3.05, 3.63) is 10.9 Å². The molecule has 0 aromatic carbocycles. The number of rotatable bonds is 7. The first-order valence-corrected chi connectivity index (χ1v) is 10.8. The molecule has 2 aromatic heterocycles. The van der Waals surface area contributed by atoms with Crippen LogP contribution < -0.4 is 10.2 Å². The van der Waals surface area contributed by atoms with Gasteiger partial charge in [-0.25, -0.2) is 4.98 Å². The molecule has 1 aliphatic rings. The molecular weight excluding hydrogens is 368 g/mol. The van der Waals surface area contributed by atoms with E-state index in [1.807, 2.05) is 6.07 Å². The number of carbonyl (C=O) groups excluding carboxylic acids is 1. The van der Waals surface area contributed by atoms with Gasteiger partial charge in [-0.15, -0.1) is 11.3 Å². The maximum absolute atomic E-state index is 12.6. The van der Waals surface area contributed by atoms with Crippen LogP contribution in [0.2, 0.25) is 0 Å². The van der Waals surface area contributed by atoms with Crippen LogP contribution in [-0.4, -0.2) is 67.3 Å². The fourth-order valence-electron chi connectivity index (χ4n) is 3.13. The van der Waals surface area contributed by atoms with Crippen molar-refractivity contribution >= 4 is 43.2 Å². The van der Waals surface area contributed by atoms with E-state index in [2.05, 4.69) is 42.8 Å². The van der Waals surface area contributed by atoms with Crippen LogP contribution >= 0.6 is 22.7 Å². The van der Waals surface area contributed by atoms with Gasteiger partial charge in [0, 0.05) is 38.3 Å². The van der Waals surface area contributed by atoms with Gasteiger partial charge < -0.3 is 15.0 Å². The number of anilines is 1. The molecule has 0 aliphatic carbocycles. The van der Waals surface area contributed by atoms with Crippen molar-refractivity contribution in [2.24, 2.45) is 0 Å². The Bertz CT molecular complexity index is 714. The summed E-state index contributed by atoms with van der Waals surface area (Å²) in [6.07, 6.45) is 0. The van der Waals surface area contributed by atoms with E-state index in [9.17, 15) is 4.79 Å². The second kappa shape index (κ2) is 8.21. The van der Waals surface area contributed by atoms with E-state index in [4.69, 9.17) is 9.72 Å². The van der Waals surface area contributed by atoms with E-state index in [0.29, 0.717) is 6.54 Å². The third-order valence-electron chi connectivity index (χ3n) is 4.88. The Labute approximate surface area is 163 Å². The van der Waals surface area contributed by atoms with Crippen LogP contribution in [0.3, 0.4) is 0 Å². The summed E-state index contributed by atoms with van der Waals surface area (Å²) in [6, 6.07) is 1.97. The number of nitrogens with zero attached hydrogens (tertiary/aromatic N) is 3. The van der Waals surface area contributed by atoms with Crippen molar-refractivity contribution in [1.82, 2.24) is 15.2 Å². The Morgan fingerprint density at radius 2 is 2.00 bits per heavy atom. The molecule has 26 heavy (non-hydrogen) atoms. The highest BCUT2D eigenvalue weighted by molar-refractivity contribution is 7.29. The number of hydrogen-bond donors (Lipinski definition) is 1. The van der Waals surface area contributed by atoms with Gasteiger partial charge in [0.25, 0.3) is 5.91 Å². The minimum atomic E-state index is -0.0811. The molecule has 1 saturated heterocycles. The summed E-state index contributed by atoms with van der Waals surface area (Å²) in [6.45, 7) is 14.5.